The zero-order valence-corrected chi connectivity index (χ0v) is 13.9. The number of hydrogen-bond acceptors (Lipinski definition) is 2. The minimum Gasteiger partial charge on any atom is -0.480 e. The highest BCUT2D eigenvalue weighted by Gasteiger charge is 2.21. The lowest BCUT2D eigenvalue weighted by Crippen LogP contribution is -2.43. The molecule has 1 aromatic carbocycles. The van der Waals surface area contributed by atoms with Crippen molar-refractivity contribution in [3.05, 3.63) is 26.7 Å². The molecule has 0 aliphatic carbocycles. The minimum atomic E-state index is -1.10. The van der Waals surface area contributed by atoms with Crippen LogP contribution in [0.15, 0.2) is 16.6 Å². The monoisotopic (exact) mass is 382 g/mol. The van der Waals surface area contributed by atoms with E-state index >= 15 is 0 Å². The quantitative estimate of drug-likeness (QED) is 0.822. The third kappa shape index (κ3) is 4.54. The van der Waals surface area contributed by atoms with Crippen LogP contribution < -0.4 is 5.32 Å². The molecule has 2 N–H and O–H groups in total. The summed E-state index contributed by atoms with van der Waals surface area (Å²) in [5.41, 5.74) is 0.248. The van der Waals surface area contributed by atoms with Crippen LogP contribution in [-0.2, 0) is 4.79 Å². The summed E-state index contributed by atoms with van der Waals surface area (Å²) in [6.07, 6.45) is 0. The molecule has 20 heavy (non-hydrogen) atoms. The number of halogens is 3. The van der Waals surface area contributed by atoms with E-state index in [-0.39, 0.29) is 21.8 Å². The molecule has 0 aliphatic heterocycles. The van der Waals surface area contributed by atoms with E-state index in [1.165, 1.54) is 0 Å². The van der Waals surface area contributed by atoms with Crippen LogP contribution in [0, 0.1) is 0 Å². The lowest BCUT2D eigenvalue weighted by molar-refractivity contribution is -0.137. The Labute approximate surface area is 135 Å². The highest BCUT2D eigenvalue weighted by Crippen LogP contribution is 2.34. The Kier molecular flexibility index (Phi) is 6.10. The molecule has 0 saturated heterocycles. The van der Waals surface area contributed by atoms with Gasteiger partial charge in [-0.2, -0.15) is 0 Å². The van der Waals surface area contributed by atoms with Crippen molar-refractivity contribution in [3.8, 4) is 0 Å². The number of carbonyl (C=O) groups is 2. The lowest BCUT2D eigenvalue weighted by Gasteiger charge is -2.25. The van der Waals surface area contributed by atoms with Crippen LogP contribution in [0.4, 0.5) is 10.5 Å². The van der Waals surface area contributed by atoms with E-state index in [1.807, 2.05) is 0 Å². The number of nitrogens with one attached hydrogen (secondary N) is 1. The Morgan fingerprint density at radius 2 is 1.85 bits per heavy atom. The van der Waals surface area contributed by atoms with Gasteiger partial charge in [0.1, 0.15) is 6.54 Å². The van der Waals surface area contributed by atoms with Crippen molar-refractivity contribution in [3.63, 3.8) is 0 Å². The molecule has 1 rings (SSSR count). The number of carboxylic acid groups (broad SMARTS) is 1. The summed E-state index contributed by atoms with van der Waals surface area (Å²) in [7, 11) is 0. The highest BCUT2D eigenvalue weighted by molar-refractivity contribution is 9.10. The van der Waals surface area contributed by atoms with Crippen molar-refractivity contribution in [1.82, 2.24) is 4.90 Å². The van der Waals surface area contributed by atoms with Crippen molar-refractivity contribution in [2.45, 2.75) is 19.9 Å². The van der Waals surface area contributed by atoms with Crippen LogP contribution in [-0.4, -0.2) is 34.6 Å². The molecule has 0 aromatic heterocycles. The number of nitrogens with zero attached hydrogens (tertiary/aromatic N) is 1. The molecule has 0 heterocycles. The number of benzene rings is 1. The summed E-state index contributed by atoms with van der Waals surface area (Å²) < 4.78 is 0.678. The molecule has 0 radical (unpaired) electrons. The fraction of sp³-hybridized carbons (Fsp3) is 0.333. The van der Waals surface area contributed by atoms with Gasteiger partial charge in [0.2, 0.25) is 0 Å². The Morgan fingerprint density at radius 3 is 2.25 bits per heavy atom. The molecule has 1 aromatic rings. The molecule has 0 atom stereocenters. The van der Waals surface area contributed by atoms with Crippen molar-refractivity contribution >= 4 is 56.8 Å². The van der Waals surface area contributed by atoms with Gasteiger partial charge in [0.25, 0.3) is 0 Å². The summed E-state index contributed by atoms with van der Waals surface area (Å²) in [4.78, 5) is 24.0. The minimum absolute atomic E-state index is 0.248. The predicted octanol–water partition coefficient (Wildman–Crippen LogP) is 4.08. The van der Waals surface area contributed by atoms with Crippen molar-refractivity contribution in [1.29, 1.82) is 0 Å². The van der Waals surface area contributed by atoms with E-state index in [0.717, 1.165) is 4.90 Å². The number of carboxylic acids is 1. The first-order valence-electron chi connectivity index (χ1n) is 5.66. The number of urea groups is 1. The topological polar surface area (TPSA) is 69.6 Å². The third-order valence-corrected chi connectivity index (χ3v) is 3.48. The molecular formula is C12H13BrCl2N2O3. The molecule has 0 saturated carbocycles. The van der Waals surface area contributed by atoms with Crippen molar-refractivity contribution in [2.24, 2.45) is 0 Å². The number of carbonyl (C=O) groups excluding carboxylic acids is 1. The summed E-state index contributed by atoms with van der Waals surface area (Å²) in [5, 5.41) is 11.9. The van der Waals surface area contributed by atoms with Gasteiger partial charge in [-0.25, -0.2) is 4.79 Å². The molecule has 0 spiro atoms. The van der Waals surface area contributed by atoms with E-state index in [1.54, 1.807) is 26.0 Å². The van der Waals surface area contributed by atoms with Crippen LogP contribution in [0.1, 0.15) is 13.8 Å². The van der Waals surface area contributed by atoms with Gasteiger partial charge in [-0.3, -0.25) is 4.79 Å². The van der Waals surface area contributed by atoms with Crippen molar-refractivity contribution in [2.75, 3.05) is 11.9 Å². The molecule has 0 aliphatic rings. The Balaban J connectivity index is 2.97. The average molecular weight is 384 g/mol. The van der Waals surface area contributed by atoms with E-state index in [2.05, 4.69) is 21.2 Å². The highest BCUT2D eigenvalue weighted by atomic mass is 79.9. The number of aliphatic carboxylic acids is 1. The Bertz CT molecular complexity index is 514. The third-order valence-electron chi connectivity index (χ3n) is 2.43. The molecule has 2 amide bonds. The van der Waals surface area contributed by atoms with Crippen molar-refractivity contribution < 1.29 is 14.7 Å². The molecule has 8 heteroatoms. The van der Waals surface area contributed by atoms with Gasteiger partial charge in [0.05, 0.1) is 15.7 Å². The fourth-order valence-corrected chi connectivity index (χ4v) is 2.78. The van der Waals surface area contributed by atoms with E-state index in [9.17, 15) is 9.59 Å². The zero-order chi connectivity index (χ0) is 15.4. The molecule has 5 nitrogen and oxygen atoms in total. The summed E-state index contributed by atoms with van der Waals surface area (Å²) >= 11 is 15.2. The second-order valence-corrected chi connectivity index (χ2v) is 6.02. The number of rotatable bonds is 4. The standard InChI is InChI=1S/C12H13BrCl2N2O3/c1-6(2)17(5-10(18)19)12(20)16-11-8(14)3-7(13)4-9(11)15/h3-4,6H,5H2,1-2H3,(H,16,20)(H,18,19). The van der Waals surface area contributed by atoms with Gasteiger partial charge in [0.15, 0.2) is 0 Å². The van der Waals surface area contributed by atoms with Gasteiger partial charge in [-0.05, 0) is 26.0 Å². The Morgan fingerprint density at radius 1 is 1.35 bits per heavy atom. The normalized spacial score (nSPS) is 10.5. The largest absolute Gasteiger partial charge is 0.480 e. The number of hydrogen-bond donors (Lipinski definition) is 2. The zero-order valence-electron chi connectivity index (χ0n) is 10.8. The number of anilines is 1. The maximum absolute atomic E-state index is 12.1. The Hall–Kier alpha value is -0.980. The van der Waals surface area contributed by atoms with Gasteiger partial charge in [-0.1, -0.05) is 39.1 Å². The van der Waals surface area contributed by atoms with Crippen LogP contribution in [0.3, 0.4) is 0 Å². The summed E-state index contributed by atoms with van der Waals surface area (Å²) in [6, 6.07) is 2.31. The van der Waals surface area contributed by atoms with E-state index < -0.39 is 18.5 Å². The summed E-state index contributed by atoms with van der Waals surface area (Å²) in [5.74, 6) is -1.10. The maximum atomic E-state index is 12.1. The van der Waals surface area contributed by atoms with E-state index in [0.29, 0.717) is 4.47 Å². The average Bonchev–Trinajstić information content (AvgIpc) is 2.29. The lowest BCUT2D eigenvalue weighted by atomic mass is 10.3. The molecule has 0 bridgehead atoms. The SMILES string of the molecule is CC(C)N(CC(=O)O)C(=O)Nc1c(Cl)cc(Br)cc1Cl. The van der Waals surface area contributed by atoms with Crippen LogP contribution in [0.25, 0.3) is 0 Å². The molecule has 110 valence electrons. The smallest absolute Gasteiger partial charge is 0.323 e. The van der Waals surface area contributed by atoms with Gasteiger partial charge >= 0.3 is 12.0 Å². The molecular weight excluding hydrogens is 371 g/mol. The summed E-state index contributed by atoms with van der Waals surface area (Å²) in [6.45, 7) is 3.02. The second kappa shape index (κ2) is 7.15. The van der Waals surface area contributed by atoms with Crippen LogP contribution >= 0.6 is 39.1 Å². The predicted molar refractivity (Wildman–Crippen MR) is 82.7 cm³/mol. The first-order valence-corrected chi connectivity index (χ1v) is 7.21. The van der Waals surface area contributed by atoms with E-state index in [4.69, 9.17) is 28.3 Å². The van der Waals surface area contributed by atoms with Gasteiger partial charge in [0, 0.05) is 10.5 Å². The molecule has 0 unspecified atom stereocenters. The maximum Gasteiger partial charge on any atom is 0.323 e. The van der Waals surface area contributed by atoms with Gasteiger partial charge < -0.3 is 15.3 Å². The second-order valence-electron chi connectivity index (χ2n) is 4.29. The first-order chi connectivity index (χ1) is 9.22. The number of amides is 2. The van der Waals surface area contributed by atoms with Crippen LogP contribution in [0.2, 0.25) is 10.0 Å². The van der Waals surface area contributed by atoms with Crippen LogP contribution in [0.5, 0.6) is 0 Å². The fourth-order valence-electron chi connectivity index (χ4n) is 1.47. The first kappa shape index (κ1) is 17.1. The molecule has 0 fully saturated rings. The van der Waals surface area contributed by atoms with Gasteiger partial charge in [-0.15, -0.1) is 0 Å².